The Balaban J connectivity index is 1.27. The van der Waals surface area contributed by atoms with Crippen LogP contribution in [-0.4, -0.2) is 85.9 Å². The molecule has 10 nitrogen and oxygen atoms in total. The summed E-state index contributed by atoms with van der Waals surface area (Å²) in [5, 5.41) is 31.4. The first-order valence-corrected chi connectivity index (χ1v) is 13.4. The number of aliphatic hydroxyl groups is 1. The van der Waals surface area contributed by atoms with Crippen LogP contribution in [-0.2, 0) is 19.2 Å². The first-order chi connectivity index (χ1) is 17.6. The van der Waals surface area contributed by atoms with E-state index in [0.717, 1.165) is 23.8 Å². The number of carboxylic acid groups (broad SMARTS) is 2. The molecule has 3 heterocycles. The molecule has 2 fully saturated rings. The number of carboxylic acids is 2. The molecule has 11 heteroatoms. The van der Waals surface area contributed by atoms with E-state index < -0.39 is 30.0 Å². The van der Waals surface area contributed by atoms with Crippen molar-refractivity contribution in [3.8, 4) is 0 Å². The molecule has 3 aliphatic heterocycles. The van der Waals surface area contributed by atoms with Crippen molar-refractivity contribution in [2.75, 3.05) is 13.1 Å². The highest BCUT2D eigenvalue weighted by molar-refractivity contribution is 8.03. The second kappa shape index (κ2) is 9.86. The van der Waals surface area contributed by atoms with Gasteiger partial charge in [0.2, 0.25) is 5.91 Å². The van der Waals surface area contributed by atoms with E-state index in [0.29, 0.717) is 18.0 Å². The van der Waals surface area contributed by atoms with E-state index in [1.165, 1.54) is 16.7 Å². The third-order valence-electron chi connectivity index (χ3n) is 8.17. The van der Waals surface area contributed by atoms with Crippen LogP contribution in [0.3, 0.4) is 0 Å². The Hall–Kier alpha value is -2.73. The zero-order valence-corrected chi connectivity index (χ0v) is 21.4. The molecular formula is C26H31N3O7S. The monoisotopic (exact) mass is 529 g/mol. The summed E-state index contributed by atoms with van der Waals surface area (Å²) in [6.45, 7) is 4.66. The summed E-state index contributed by atoms with van der Waals surface area (Å²) >= 11 is 1.46. The minimum Gasteiger partial charge on any atom is -0.481 e. The van der Waals surface area contributed by atoms with Crippen LogP contribution in [0.5, 0.6) is 0 Å². The fourth-order valence-corrected chi connectivity index (χ4v) is 8.02. The van der Waals surface area contributed by atoms with Crippen molar-refractivity contribution in [3.05, 3.63) is 46.0 Å². The average molecular weight is 530 g/mol. The Kier molecular flexibility index (Phi) is 6.90. The summed E-state index contributed by atoms with van der Waals surface area (Å²) in [5.74, 6) is -3.76. The summed E-state index contributed by atoms with van der Waals surface area (Å²) in [7, 11) is 0. The number of aliphatic carboxylic acids is 2. The molecule has 37 heavy (non-hydrogen) atoms. The molecule has 5 rings (SSSR count). The number of nitrogens with one attached hydrogen (secondary N) is 1. The number of nitrogens with zero attached hydrogens (tertiary/aromatic N) is 2. The molecule has 2 bridgehead atoms. The fraction of sp³-hybridized carbons (Fsp3) is 0.538. The molecule has 0 aromatic heterocycles. The number of aldehydes is 1. The van der Waals surface area contributed by atoms with E-state index in [2.05, 4.69) is 5.43 Å². The van der Waals surface area contributed by atoms with Crippen LogP contribution < -0.4 is 5.43 Å². The predicted molar refractivity (Wildman–Crippen MR) is 134 cm³/mol. The first-order valence-electron chi connectivity index (χ1n) is 12.6. The lowest BCUT2D eigenvalue weighted by atomic mass is 9.79. The molecule has 4 N–H and O–H groups in total. The van der Waals surface area contributed by atoms with Crippen molar-refractivity contribution in [2.45, 2.75) is 62.0 Å². The second-order valence-corrected chi connectivity index (χ2v) is 11.8. The molecule has 1 amide bonds. The van der Waals surface area contributed by atoms with Crippen molar-refractivity contribution in [1.29, 1.82) is 0 Å². The van der Waals surface area contributed by atoms with Crippen LogP contribution in [0.15, 0.2) is 34.9 Å². The molecule has 1 aromatic carbocycles. The van der Waals surface area contributed by atoms with Crippen molar-refractivity contribution in [3.63, 3.8) is 0 Å². The van der Waals surface area contributed by atoms with Crippen LogP contribution in [0.4, 0.5) is 0 Å². The average Bonchev–Trinajstić information content (AvgIpc) is 3.45. The van der Waals surface area contributed by atoms with Gasteiger partial charge in [0.05, 0.1) is 30.5 Å². The van der Waals surface area contributed by atoms with E-state index in [1.54, 1.807) is 6.92 Å². The van der Waals surface area contributed by atoms with Crippen molar-refractivity contribution in [2.24, 2.45) is 11.8 Å². The number of carbonyl (C=O) groups excluding carboxylic acids is 2. The van der Waals surface area contributed by atoms with Crippen molar-refractivity contribution in [1.82, 2.24) is 15.3 Å². The highest BCUT2D eigenvalue weighted by Gasteiger charge is 2.60. The van der Waals surface area contributed by atoms with Crippen LogP contribution in [0.25, 0.3) is 0 Å². The third kappa shape index (κ3) is 4.37. The highest BCUT2D eigenvalue weighted by Crippen LogP contribution is 2.52. The molecular weight excluding hydrogens is 498 g/mol. The maximum Gasteiger partial charge on any atom is 0.353 e. The summed E-state index contributed by atoms with van der Waals surface area (Å²) < 4.78 is 0. The number of benzene rings is 1. The molecule has 0 radical (unpaired) electrons. The van der Waals surface area contributed by atoms with E-state index >= 15 is 0 Å². The van der Waals surface area contributed by atoms with Gasteiger partial charge in [0.15, 0.2) is 0 Å². The molecule has 0 unspecified atom stereocenters. The smallest absolute Gasteiger partial charge is 0.353 e. The molecule has 0 saturated carbocycles. The lowest BCUT2D eigenvalue weighted by molar-refractivity contribution is -0.163. The zero-order valence-electron chi connectivity index (χ0n) is 20.6. The quantitative estimate of drug-likeness (QED) is 0.259. The van der Waals surface area contributed by atoms with Crippen LogP contribution in [0, 0.1) is 11.8 Å². The van der Waals surface area contributed by atoms with Gasteiger partial charge in [-0.25, -0.2) is 15.2 Å². The van der Waals surface area contributed by atoms with E-state index in [9.17, 15) is 34.5 Å². The van der Waals surface area contributed by atoms with Crippen molar-refractivity contribution < 1.29 is 34.5 Å². The summed E-state index contributed by atoms with van der Waals surface area (Å²) in [6.07, 6.45) is 0.688. The lowest BCUT2D eigenvalue weighted by Crippen LogP contribution is -2.63. The van der Waals surface area contributed by atoms with Gasteiger partial charge in [-0.05, 0) is 24.5 Å². The molecule has 4 aliphatic rings. The van der Waals surface area contributed by atoms with Gasteiger partial charge in [-0.2, -0.15) is 0 Å². The van der Waals surface area contributed by atoms with E-state index in [4.69, 9.17) is 0 Å². The maximum absolute atomic E-state index is 12.6. The molecule has 8 atom stereocenters. The largest absolute Gasteiger partial charge is 0.481 e. The Morgan fingerprint density at radius 1 is 1.24 bits per heavy atom. The maximum atomic E-state index is 12.6. The van der Waals surface area contributed by atoms with Crippen LogP contribution >= 0.6 is 11.8 Å². The SMILES string of the molecule is C[C@@H](O)[C@H]1C(=O)N2C(C(=O)O)=C(S[C@H]3CCN(N[C@H](C=O)[C@@H]4c5cccc(c5)[C@H]4CC(=O)O)C3)[C@H](C)[C@H]12. The number of hydrogen-bond donors (Lipinski definition) is 4. The fourth-order valence-electron chi connectivity index (χ4n) is 6.53. The van der Waals surface area contributed by atoms with Crippen LogP contribution in [0.2, 0.25) is 0 Å². The normalized spacial score (nSPS) is 32.3. The zero-order chi connectivity index (χ0) is 26.6. The number of β-lactam (4-membered cyclic amide) rings is 1. The summed E-state index contributed by atoms with van der Waals surface area (Å²) in [4.78, 5) is 50.3. The lowest BCUT2D eigenvalue weighted by Gasteiger charge is -2.46. The molecule has 198 valence electrons. The standard InChI is InChI=1S/C26H31N3O7S/c1-12-22-20(13(2)31)25(34)29(22)23(26(35)36)24(12)37-16-6-7-28(10-16)27-18(11-30)21-15-5-3-4-14(8-15)17(21)9-19(32)33/h3-5,8,11-13,16-18,20-22,27,31H,6-7,9-10H2,1-2H3,(H,32,33)(H,35,36)/t12-,13-,16+,17-,18-,20-,21-,22-/m1/s1. The topological polar surface area (TPSA) is 147 Å². The Morgan fingerprint density at radius 2 is 1.97 bits per heavy atom. The number of thioether (sulfide) groups is 1. The van der Waals surface area contributed by atoms with Gasteiger partial charge in [0.25, 0.3) is 0 Å². The number of rotatable bonds is 10. The molecule has 1 aliphatic carbocycles. The predicted octanol–water partition coefficient (Wildman–Crippen LogP) is 1.38. The summed E-state index contributed by atoms with van der Waals surface area (Å²) in [5.41, 5.74) is 5.19. The van der Waals surface area contributed by atoms with Crippen LogP contribution in [0.1, 0.15) is 49.7 Å². The van der Waals surface area contributed by atoms with E-state index in [1.807, 2.05) is 36.2 Å². The number of carbonyl (C=O) groups is 4. The number of hydrazine groups is 1. The number of hydrogen-bond acceptors (Lipinski definition) is 8. The van der Waals surface area contributed by atoms with Crippen molar-refractivity contribution >= 4 is 35.9 Å². The molecule has 0 spiro atoms. The van der Waals surface area contributed by atoms with Gasteiger partial charge >= 0.3 is 11.9 Å². The Bertz CT molecular complexity index is 1170. The third-order valence-corrected chi connectivity index (χ3v) is 9.70. The number of fused-ring (bicyclic) bond motifs is 3. The highest BCUT2D eigenvalue weighted by atomic mass is 32.2. The summed E-state index contributed by atoms with van der Waals surface area (Å²) in [6, 6.07) is 6.72. The van der Waals surface area contributed by atoms with Gasteiger partial charge in [0.1, 0.15) is 12.0 Å². The number of aliphatic hydroxyl groups excluding tert-OH is 1. The Labute approximate surface area is 218 Å². The minimum absolute atomic E-state index is 0.0170. The van der Waals surface area contributed by atoms with Gasteiger partial charge in [-0.15, -0.1) is 11.8 Å². The molecule has 2 saturated heterocycles. The second-order valence-electron chi connectivity index (χ2n) is 10.4. The van der Waals surface area contributed by atoms with Gasteiger partial charge in [0, 0.05) is 41.0 Å². The number of amides is 1. The minimum atomic E-state index is -1.14. The van der Waals surface area contributed by atoms with E-state index in [-0.39, 0.29) is 47.1 Å². The van der Waals surface area contributed by atoms with Gasteiger partial charge in [-0.3, -0.25) is 9.59 Å². The first kappa shape index (κ1) is 25.9. The van der Waals surface area contributed by atoms with Gasteiger partial charge in [-0.1, -0.05) is 31.2 Å². The van der Waals surface area contributed by atoms with Gasteiger partial charge < -0.3 is 25.0 Å². The molecule has 1 aromatic rings. The Morgan fingerprint density at radius 3 is 2.62 bits per heavy atom.